The lowest BCUT2D eigenvalue weighted by Crippen LogP contribution is -2.36. The molecule has 6 nitrogen and oxygen atoms in total. The molecule has 1 amide bonds. The molecule has 1 heterocycles. The van der Waals surface area contributed by atoms with E-state index in [0.29, 0.717) is 18.5 Å². The predicted molar refractivity (Wildman–Crippen MR) is 83.0 cm³/mol. The number of amides is 1. The second-order valence-corrected chi connectivity index (χ2v) is 5.86. The second kappa shape index (κ2) is 7.38. The highest BCUT2D eigenvalue weighted by molar-refractivity contribution is 5.89. The Morgan fingerprint density at radius 1 is 1.32 bits per heavy atom. The van der Waals surface area contributed by atoms with Crippen molar-refractivity contribution in [3.8, 4) is 0 Å². The minimum Gasteiger partial charge on any atom is -0.370 e. The van der Waals surface area contributed by atoms with Crippen molar-refractivity contribution in [1.82, 2.24) is 9.80 Å². The maximum absolute atomic E-state index is 12.3. The molecule has 0 unspecified atom stereocenters. The Morgan fingerprint density at radius 3 is 2.77 bits per heavy atom. The van der Waals surface area contributed by atoms with Crippen molar-refractivity contribution < 1.29 is 14.4 Å². The van der Waals surface area contributed by atoms with Crippen molar-refractivity contribution in [2.75, 3.05) is 27.2 Å². The highest BCUT2D eigenvalue weighted by Gasteiger charge is 2.21. The Bertz CT molecular complexity index is 558. The third kappa shape index (κ3) is 4.05. The lowest BCUT2D eigenvalue weighted by atomic mass is 9.97. The quantitative estimate of drug-likeness (QED) is 0.820. The first kappa shape index (κ1) is 16.5. The molecule has 1 aromatic rings. The van der Waals surface area contributed by atoms with Gasteiger partial charge in [-0.05, 0) is 56.7 Å². The number of hydrogen-bond donors (Lipinski definition) is 1. The zero-order valence-electron chi connectivity index (χ0n) is 13.2. The maximum Gasteiger partial charge on any atom is 0.356 e. The fourth-order valence-corrected chi connectivity index (χ4v) is 2.67. The van der Waals surface area contributed by atoms with Gasteiger partial charge in [0.05, 0.1) is 5.56 Å². The molecule has 120 valence electrons. The third-order valence-electron chi connectivity index (χ3n) is 3.91. The lowest BCUT2D eigenvalue weighted by Gasteiger charge is -2.29. The van der Waals surface area contributed by atoms with Gasteiger partial charge in [0.2, 0.25) is 5.91 Å². The topological polar surface area (TPSA) is 75.9 Å². The van der Waals surface area contributed by atoms with Crippen LogP contribution in [0.4, 0.5) is 0 Å². The van der Waals surface area contributed by atoms with Crippen LogP contribution in [0.5, 0.6) is 0 Å². The number of nitrogens with two attached hydrogens (primary N) is 1. The van der Waals surface area contributed by atoms with Gasteiger partial charge >= 0.3 is 5.97 Å². The van der Waals surface area contributed by atoms with E-state index < -0.39 is 5.97 Å². The number of carbonyl (C=O) groups excluding carboxylic acids is 2. The number of nitrogens with zero attached hydrogens (tertiary/aromatic N) is 2. The van der Waals surface area contributed by atoms with Crippen LogP contribution in [0.15, 0.2) is 18.2 Å². The number of rotatable bonds is 5. The van der Waals surface area contributed by atoms with E-state index in [2.05, 4.69) is 9.74 Å². The standard InChI is InChI=1S/C16H23N3O3/c1-18(2)8-3-4-15(20)19-9-7-12-5-6-13(16(21)22-17)10-14(12)11-19/h5-6,10H,3-4,7-9,11,17H2,1-2H3. The highest BCUT2D eigenvalue weighted by Crippen LogP contribution is 2.21. The fraction of sp³-hybridized carbons (Fsp3) is 0.500. The summed E-state index contributed by atoms with van der Waals surface area (Å²) in [6.45, 7) is 2.18. The van der Waals surface area contributed by atoms with Crippen LogP contribution in [-0.4, -0.2) is 48.9 Å². The molecule has 0 spiro atoms. The Labute approximate surface area is 130 Å². The molecule has 0 radical (unpaired) electrons. The molecule has 1 aliphatic heterocycles. The average Bonchev–Trinajstić information content (AvgIpc) is 2.52. The Morgan fingerprint density at radius 2 is 2.09 bits per heavy atom. The van der Waals surface area contributed by atoms with Gasteiger partial charge < -0.3 is 14.6 Å². The average molecular weight is 305 g/mol. The molecule has 22 heavy (non-hydrogen) atoms. The summed E-state index contributed by atoms with van der Waals surface area (Å²) < 4.78 is 0. The first-order valence-corrected chi connectivity index (χ1v) is 7.46. The second-order valence-electron chi connectivity index (χ2n) is 5.86. The third-order valence-corrected chi connectivity index (χ3v) is 3.91. The number of hydrogen-bond acceptors (Lipinski definition) is 5. The molecule has 0 saturated heterocycles. The summed E-state index contributed by atoms with van der Waals surface area (Å²) in [5, 5.41) is 0. The summed E-state index contributed by atoms with van der Waals surface area (Å²) in [4.78, 5) is 31.9. The van der Waals surface area contributed by atoms with Gasteiger partial charge in [0.1, 0.15) is 0 Å². The smallest absolute Gasteiger partial charge is 0.356 e. The van der Waals surface area contributed by atoms with Crippen LogP contribution in [0.2, 0.25) is 0 Å². The summed E-state index contributed by atoms with van der Waals surface area (Å²) in [6, 6.07) is 5.39. The fourth-order valence-electron chi connectivity index (χ4n) is 2.67. The van der Waals surface area contributed by atoms with Gasteiger partial charge in [-0.2, -0.15) is 5.90 Å². The maximum atomic E-state index is 12.3. The van der Waals surface area contributed by atoms with Gasteiger partial charge in [-0.15, -0.1) is 0 Å². The van der Waals surface area contributed by atoms with Crippen molar-refractivity contribution in [3.05, 3.63) is 34.9 Å². The molecule has 1 aliphatic rings. The van der Waals surface area contributed by atoms with Crippen LogP contribution in [-0.2, 0) is 22.6 Å². The molecule has 0 fully saturated rings. The largest absolute Gasteiger partial charge is 0.370 e. The number of benzene rings is 1. The van der Waals surface area contributed by atoms with Gasteiger partial charge in [-0.25, -0.2) is 4.79 Å². The number of fused-ring (bicyclic) bond motifs is 1. The van der Waals surface area contributed by atoms with Crippen molar-refractivity contribution in [2.24, 2.45) is 5.90 Å². The Kier molecular flexibility index (Phi) is 5.51. The molecule has 0 aromatic heterocycles. The monoisotopic (exact) mass is 305 g/mol. The van der Waals surface area contributed by atoms with E-state index in [1.54, 1.807) is 12.1 Å². The van der Waals surface area contributed by atoms with Crippen LogP contribution in [0.25, 0.3) is 0 Å². The van der Waals surface area contributed by atoms with E-state index in [1.807, 2.05) is 25.1 Å². The van der Waals surface area contributed by atoms with Gasteiger partial charge in [-0.1, -0.05) is 6.07 Å². The van der Waals surface area contributed by atoms with Crippen molar-refractivity contribution in [3.63, 3.8) is 0 Å². The first-order chi connectivity index (χ1) is 10.5. The van der Waals surface area contributed by atoms with Crippen molar-refractivity contribution in [2.45, 2.75) is 25.8 Å². The molecule has 0 atom stereocenters. The van der Waals surface area contributed by atoms with Crippen LogP contribution >= 0.6 is 0 Å². The van der Waals surface area contributed by atoms with Crippen LogP contribution in [0.1, 0.15) is 34.3 Å². The zero-order chi connectivity index (χ0) is 16.1. The molecule has 0 aliphatic carbocycles. The first-order valence-electron chi connectivity index (χ1n) is 7.46. The number of carbonyl (C=O) groups is 2. The van der Waals surface area contributed by atoms with Gasteiger partial charge in [-0.3, -0.25) is 4.79 Å². The molecule has 6 heteroatoms. The molecule has 2 rings (SSSR count). The van der Waals surface area contributed by atoms with Crippen LogP contribution in [0.3, 0.4) is 0 Å². The molecular formula is C16H23N3O3. The molecule has 2 N–H and O–H groups in total. The van der Waals surface area contributed by atoms with Gasteiger partial charge in [0.25, 0.3) is 0 Å². The van der Waals surface area contributed by atoms with Crippen LogP contribution < -0.4 is 5.90 Å². The molecule has 1 aromatic carbocycles. The summed E-state index contributed by atoms with van der Waals surface area (Å²) in [5.74, 6) is 4.52. The van der Waals surface area contributed by atoms with E-state index in [4.69, 9.17) is 5.90 Å². The minimum atomic E-state index is -0.558. The molecular weight excluding hydrogens is 282 g/mol. The Hall–Kier alpha value is -1.92. The summed E-state index contributed by atoms with van der Waals surface area (Å²) in [7, 11) is 4.00. The van der Waals surface area contributed by atoms with Crippen LogP contribution in [0, 0.1) is 0 Å². The normalized spacial score (nSPS) is 13.9. The lowest BCUT2D eigenvalue weighted by molar-refractivity contribution is -0.132. The summed E-state index contributed by atoms with van der Waals surface area (Å²) in [6.07, 6.45) is 2.22. The van der Waals surface area contributed by atoms with Gasteiger partial charge in [0, 0.05) is 19.5 Å². The highest BCUT2D eigenvalue weighted by atomic mass is 16.7. The van der Waals surface area contributed by atoms with Crippen molar-refractivity contribution in [1.29, 1.82) is 0 Å². The minimum absolute atomic E-state index is 0.166. The predicted octanol–water partition coefficient (Wildman–Crippen LogP) is 0.944. The summed E-state index contributed by atoms with van der Waals surface area (Å²) in [5.41, 5.74) is 2.59. The SMILES string of the molecule is CN(C)CCCC(=O)N1CCc2ccc(C(=O)ON)cc2C1. The molecule has 0 bridgehead atoms. The zero-order valence-corrected chi connectivity index (χ0v) is 13.2. The van der Waals surface area contributed by atoms with Gasteiger partial charge in [0.15, 0.2) is 0 Å². The molecule has 0 saturated carbocycles. The Balaban J connectivity index is 2.00. The van der Waals surface area contributed by atoms with E-state index in [9.17, 15) is 9.59 Å². The van der Waals surface area contributed by atoms with E-state index in [1.165, 1.54) is 5.56 Å². The van der Waals surface area contributed by atoms with Crippen molar-refractivity contribution >= 4 is 11.9 Å². The summed E-state index contributed by atoms with van der Waals surface area (Å²) >= 11 is 0. The van der Waals surface area contributed by atoms with E-state index >= 15 is 0 Å². The van der Waals surface area contributed by atoms with E-state index in [0.717, 1.165) is 31.5 Å². The van der Waals surface area contributed by atoms with E-state index in [-0.39, 0.29) is 5.91 Å².